The molecule has 2 heterocycles. The maximum Gasteiger partial charge on any atom is 0.348 e. The standard InChI is InChI=1S/C23H27N3O7S/c1-4-32-22(28)18-14(3)19(23(29)33-5-2)34-21(18)24-20(27)15-9-10-16(17(13-15)26(30)31)25-11-7-6-8-12-25/h9-10,13H,4-8,11-12H2,1-3H3,(H,24,27). The van der Waals surface area contributed by atoms with Crippen molar-refractivity contribution in [2.24, 2.45) is 0 Å². The summed E-state index contributed by atoms with van der Waals surface area (Å²) in [6.07, 6.45) is 2.99. The zero-order valence-electron chi connectivity index (χ0n) is 19.3. The van der Waals surface area contributed by atoms with E-state index in [2.05, 4.69) is 5.32 Å². The first-order chi connectivity index (χ1) is 16.3. The number of amides is 1. The number of rotatable bonds is 8. The van der Waals surface area contributed by atoms with Gasteiger partial charge in [0.1, 0.15) is 15.6 Å². The predicted octanol–water partition coefficient (Wildman–Crippen LogP) is 4.56. The maximum atomic E-state index is 13.0. The highest BCUT2D eigenvalue weighted by Crippen LogP contribution is 2.36. The van der Waals surface area contributed by atoms with E-state index < -0.39 is 22.8 Å². The molecule has 2 aromatic rings. The van der Waals surface area contributed by atoms with Gasteiger partial charge in [0.05, 0.1) is 23.7 Å². The molecule has 0 atom stereocenters. The molecule has 0 bridgehead atoms. The summed E-state index contributed by atoms with van der Waals surface area (Å²) < 4.78 is 10.1. The molecule has 11 heteroatoms. The number of ether oxygens (including phenoxy) is 2. The minimum atomic E-state index is -0.687. The summed E-state index contributed by atoms with van der Waals surface area (Å²) >= 11 is 0.898. The fourth-order valence-electron chi connectivity index (χ4n) is 3.83. The van der Waals surface area contributed by atoms with Gasteiger partial charge in [0.2, 0.25) is 0 Å². The molecule has 0 unspecified atom stereocenters. The SMILES string of the molecule is CCOC(=O)c1sc(NC(=O)c2ccc(N3CCCCC3)c([N+](=O)[O-])c2)c(C(=O)OCC)c1C. The second kappa shape index (κ2) is 11.1. The summed E-state index contributed by atoms with van der Waals surface area (Å²) in [7, 11) is 0. The van der Waals surface area contributed by atoms with Crippen molar-refractivity contribution >= 4 is 45.6 Å². The van der Waals surface area contributed by atoms with Crippen LogP contribution in [0.3, 0.4) is 0 Å². The highest BCUT2D eigenvalue weighted by Gasteiger charge is 2.28. The summed E-state index contributed by atoms with van der Waals surface area (Å²) in [5.74, 6) is -1.94. The summed E-state index contributed by atoms with van der Waals surface area (Å²) in [6, 6.07) is 4.33. The van der Waals surface area contributed by atoms with Crippen LogP contribution in [0.5, 0.6) is 0 Å². The molecule has 1 fully saturated rings. The zero-order valence-corrected chi connectivity index (χ0v) is 20.2. The number of piperidine rings is 1. The third-order valence-electron chi connectivity index (χ3n) is 5.45. The monoisotopic (exact) mass is 489 g/mol. The van der Waals surface area contributed by atoms with E-state index in [0.29, 0.717) is 11.3 Å². The molecule has 1 N–H and O–H groups in total. The number of carbonyl (C=O) groups is 3. The van der Waals surface area contributed by atoms with Crippen molar-refractivity contribution in [2.75, 3.05) is 36.5 Å². The fourth-order valence-corrected chi connectivity index (χ4v) is 4.91. The van der Waals surface area contributed by atoms with Gasteiger partial charge in [-0.2, -0.15) is 0 Å². The summed E-state index contributed by atoms with van der Waals surface area (Å²) in [5, 5.41) is 14.5. The fraction of sp³-hybridized carbons (Fsp3) is 0.435. The van der Waals surface area contributed by atoms with Crippen LogP contribution in [0, 0.1) is 17.0 Å². The Kier molecular flexibility index (Phi) is 8.21. The summed E-state index contributed by atoms with van der Waals surface area (Å²) in [6.45, 7) is 6.59. The molecular weight excluding hydrogens is 462 g/mol. The van der Waals surface area contributed by atoms with E-state index in [9.17, 15) is 24.5 Å². The van der Waals surface area contributed by atoms with Crippen LogP contribution in [0.15, 0.2) is 18.2 Å². The Morgan fingerprint density at radius 3 is 2.35 bits per heavy atom. The summed E-state index contributed by atoms with van der Waals surface area (Å²) in [4.78, 5) is 51.2. The van der Waals surface area contributed by atoms with E-state index in [4.69, 9.17) is 9.47 Å². The number of nitrogens with zero attached hydrogens (tertiary/aromatic N) is 2. The Hall–Kier alpha value is -3.47. The van der Waals surface area contributed by atoms with Crippen molar-refractivity contribution in [1.29, 1.82) is 0 Å². The van der Waals surface area contributed by atoms with Gasteiger partial charge in [-0.1, -0.05) is 0 Å². The zero-order chi connectivity index (χ0) is 24.8. The molecule has 1 aromatic carbocycles. The van der Waals surface area contributed by atoms with Crippen LogP contribution in [0.4, 0.5) is 16.4 Å². The molecule has 1 aliphatic heterocycles. The van der Waals surface area contributed by atoms with Crippen LogP contribution in [-0.4, -0.2) is 49.1 Å². The van der Waals surface area contributed by atoms with Crippen molar-refractivity contribution in [3.63, 3.8) is 0 Å². The molecule has 182 valence electrons. The van der Waals surface area contributed by atoms with E-state index in [1.165, 1.54) is 12.1 Å². The third kappa shape index (κ3) is 5.36. The Morgan fingerprint density at radius 1 is 1.09 bits per heavy atom. The number of benzene rings is 1. The number of esters is 2. The molecule has 10 nitrogen and oxygen atoms in total. The molecule has 3 rings (SSSR count). The molecule has 0 aliphatic carbocycles. The molecule has 1 aliphatic rings. The van der Waals surface area contributed by atoms with Gasteiger partial charge < -0.3 is 19.7 Å². The summed E-state index contributed by atoms with van der Waals surface area (Å²) in [5.41, 5.74) is 0.775. The molecule has 1 amide bonds. The number of hydrogen-bond donors (Lipinski definition) is 1. The van der Waals surface area contributed by atoms with Gasteiger partial charge in [0.25, 0.3) is 11.6 Å². The molecule has 34 heavy (non-hydrogen) atoms. The van der Waals surface area contributed by atoms with Gasteiger partial charge >= 0.3 is 11.9 Å². The maximum absolute atomic E-state index is 13.0. The van der Waals surface area contributed by atoms with Gasteiger partial charge in [-0.25, -0.2) is 9.59 Å². The number of nitrogens with one attached hydrogen (secondary N) is 1. The second-order valence-corrected chi connectivity index (χ2v) is 8.68. The number of nitro groups is 1. The van der Waals surface area contributed by atoms with Crippen molar-refractivity contribution in [3.8, 4) is 0 Å². The number of nitro benzene ring substituents is 1. The van der Waals surface area contributed by atoms with Crippen molar-refractivity contribution in [2.45, 2.75) is 40.0 Å². The lowest BCUT2D eigenvalue weighted by Gasteiger charge is -2.28. The minimum Gasteiger partial charge on any atom is -0.462 e. The number of carbonyl (C=O) groups excluding carboxylic acids is 3. The first kappa shape index (κ1) is 25.2. The smallest absolute Gasteiger partial charge is 0.348 e. The van der Waals surface area contributed by atoms with E-state index in [-0.39, 0.29) is 39.9 Å². The minimum absolute atomic E-state index is 0.0580. The normalized spacial score (nSPS) is 13.3. The highest BCUT2D eigenvalue weighted by atomic mass is 32.1. The van der Waals surface area contributed by atoms with E-state index in [1.807, 2.05) is 4.90 Å². The Balaban J connectivity index is 1.94. The van der Waals surface area contributed by atoms with Gasteiger partial charge in [-0.15, -0.1) is 11.3 Å². The van der Waals surface area contributed by atoms with E-state index in [0.717, 1.165) is 43.7 Å². The van der Waals surface area contributed by atoms with Gasteiger partial charge in [-0.05, 0) is 57.7 Å². The van der Waals surface area contributed by atoms with Gasteiger partial charge in [0.15, 0.2) is 0 Å². The van der Waals surface area contributed by atoms with Crippen molar-refractivity contribution in [3.05, 3.63) is 49.9 Å². The van der Waals surface area contributed by atoms with Crippen LogP contribution in [0.1, 0.15) is 69.1 Å². The van der Waals surface area contributed by atoms with Crippen LogP contribution >= 0.6 is 11.3 Å². The van der Waals surface area contributed by atoms with Crippen molar-refractivity contribution < 1.29 is 28.8 Å². The molecule has 1 saturated heterocycles. The van der Waals surface area contributed by atoms with E-state index in [1.54, 1.807) is 26.8 Å². The Labute approximate surface area is 201 Å². The Bertz CT molecular complexity index is 1110. The average Bonchev–Trinajstić information content (AvgIpc) is 3.15. The second-order valence-electron chi connectivity index (χ2n) is 7.66. The van der Waals surface area contributed by atoms with Crippen LogP contribution < -0.4 is 10.2 Å². The molecular formula is C23H27N3O7S. The number of hydrogen-bond acceptors (Lipinski definition) is 9. The van der Waals surface area contributed by atoms with Crippen LogP contribution in [0.2, 0.25) is 0 Å². The largest absolute Gasteiger partial charge is 0.462 e. The highest BCUT2D eigenvalue weighted by molar-refractivity contribution is 7.18. The molecule has 0 spiro atoms. The molecule has 1 aromatic heterocycles. The number of anilines is 2. The van der Waals surface area contributed by atoms with Crippen LogP contribution in [-0.2, 0) is 9.47 Å². The molecule has 0 radical (unpaired) electrons. The number of thiophene rings is 1. The lowest BCUT2D eigenvalue weighted by atomic mass is 10.1. The first-order valence-electron chi connectivity index (χ1n) is 11.1. The Morgan fingerprint density at radius 2 is 1.74 bits per heavy atom. The van der Waals surface area contributed by atoms with Gasteiger partial charge in [-0.3, -0.25) is 14.9 Å². The first-order valence-corrected chi connectivity index (χ1v) is 11.9. The molecule has 0 saturated carbocycles. The quantitative estimate of drug-likeness (QED) is 0.325. The lowest BCUT2D eigenvalue weighted by molar-refractivity contribution is -0.384. The predicted molar refractivity (Wildman–Crippen MR) is 128 cm³/mol. The van der Waals surface area contributed by atoms with Crippen LogP contribution in [0.25, 0.3) is 0 Å². The van der Waals surface area contributed by atoms with E-state index >= 15 is 0 Å². The van der Waals surface area contributed by atoms with Gasteiger partial charge in [0, 0.05) is 24.7 Å². The van der Waals surface area contributed by atoms with Crippen molar-refractivity contribution in [1.82, 2.24) is 0 Å². The third-order valence-corrected chi connectivity index (χ3v) is 6.63. The average molecular weight is 490 g/mol. The lowest BCUT2D eigenvalue weighted by Crippen LogP contribution is -2.30. The topological polar surface area (TPSA) is 128 Å².